The van der Waals surface area contributed by atoms with E-state index in [1.807, 2.05) is 12.1 Å². The maximum atomic E-state index is 11.7. The molecule has 3 heterocycles. The highest BCUT2D eigenvalue weighted by molar-refractivity contribution is 5.92. The van der Waals surface area contributed by atoms with E-state index in [0.717, 1.165) is 44.8 Å². The molecule has 4 rings (SSSR count). The fourth-order valence-electron chi connectivity index (χ4n) is 3.45. The average Bonchev–Trinajstić information content (AvgIpc) is 2.54. The number of cyclic esters (lactones) is 1. The van der Waals surface area contributed by atoms with Gasteiger partial charge in [-0.2, -0.15) is 0 Å². The Morgan fingerprint density at radius 3 is 3.24 bits per heavy atom. The van der Waals surface area contributed by atoms with Crippen LogP contribution < -0.4 is 5.32 Å². The van der Waals surface area contributed by atoms with Gasteiger partial charge in [0.15, 0.2) is 0 Å². The summed E-state index contributed by atoms with van der Waals surface area (Å²) in [4.78, 5) is 14.2. The van der Waals surface area contributed by atoms with Crippen molar-refractivity contribution < 1.29 is 14.3 Å². The number of morpholine rings is 1. The Balaban J connectivity index is 1.55. The van der Waals surface area contributed by atoms with Crippen LogP contribution in [0.25, 0.3) is 0 Å². The second-order valence-electron chi connectivity index (χ2n) is 5.98. The van der Waals surface area contributed by atoms with Crippen LogP contribution in [0.15, 0.2) is 18.2 Å². The van der Waals surface area contributed by atoms with Crippen molar-refractivity contribution in [1.29, 1.82) is 0 Å². The zero-order chi connectivity index (χ0) is 14.2. The zero-order valence-corrected chi connectivity index (χ0v) is 12.0. The molecule has 1 aromatic rings. The van der Waals surface area contributed by atoms with Crippen molar-refractivity contribution in [2.24, 2.45) is 0 Å². The minimum absolute atomic E-state index is 0.114. The van der Waals surface area contributed by atoms with Crippen LogP contribution in [-0.4, -0.2) is 56.3 Å². The summed E-state index contributed by atoms with van der Waals surface area (Å²) in [5.74, 6) is -0.200. The van der Waals surface area contributed by atoms with Crippen molar-refractivity contribution in [3.05, 3.63) is 34.9 Å². The standard InChI is InChI=1S/C16H20N2O3/c19-16-14-2-1-12(7-11(14)3-6-20-16)15-9-18-5-4-17-8-13(18)10-21-15/h1-2,7,13,15,17H,3-6,8-10H2. The molecule has 5 heteroatoms. The Hall–Kier alpha value is -1.43. The van der Waals surface area contributed by atoms with Gasteiger partial charge < -0.3 is 14.8 Å². The molecule has 21 heavy (non-hydrogen) atoms. The Morgan fingerprint density at radius 2 is 2.29 bits per heavy atom. The summed E-state index contributed by atoms with van der Waals surface area (Å²) < 4.78 is 11.1. The summed E-state index contributed by atoms with van der Waals surface area (Å²) in [6, 6.07) is 6.53. The summed E-state index contributed by atoms with van der Waals surface area (Å²) in [5, 5.41) is 3.41. The Morgan fingerprint density at radius 1 is 1.33 bits per heavy atom. The minimum Gasteiger partial charge on any atom is -0.462 e. The van der Waals surface area contributed by atoms with E-state index in [0.29, 0.717) is 18.2 Å². The molecule has 112 valence electrons. The van der Waals surface area contributed by atoms with Crippen molar-refractivity contribution in [3.63, 3.8) is 0 Å². The number of benzene rings is 1. The van der Waals surface area contributed by atoms with E-state index in [2.05, 4.69) is 16.3 Å². The van der Waals surface area contributed by atoms with Crippen LogP contribution in [0.4, 0.5) is 0 Å². The third-order valence-corrected chi connectivity index (χ3v) is 4.69. The number of esters is 1. The Kier molecular flexibility index (Phi) is 3.41. The number of carbonyl (C=O) groups excluding carboxylic acids is 1. The molecular weight excluding hydrogens is 268 g/mol. The summed E-state index contributed by atoms with van der Waals surface area (Å²) in [6.07, 6.45) is 0.917. The molecule has 5 nitrogen and oxygen atoms in total. The van der Waals surface area contributed by atoms with Crippen LogP contribution in [0, 0.1) is 0 Å². The van der Waals surface area contributed by atoms with Gasteiger partial charge in [-0.05, 0) is 17.2 Å². The first-order valence-corrected chi connectivity index (χ1v) is 7.67. The second-order valence-corrected chi connectivity index (χ2v) is 5.98. The van der Waals surface area contributed by atoms with E-state index in [1.165, 1.54) is 5.56 Å². The molecule has 2 atom stereocenters. The van der Waals surface area contributed by atoms with Crippen molar-refractivity contribution in [2.45, 2.75) is 18.6 Å². The number of fused-ring (bicyclic) bond motifs is 2. The molecule has 0 bridgehead atoms. The first kappa shape index (κ1) is 13.2. The molecule has 0 amide bonds. The Labute approximate surface area is 124 Å². The topological polar surface area (TPSA) is 50.8 Å². The smallest absolute Gasteiger partial charge is 0.338 e. The molecular formula is C16H20N2O3. The number of rotatable bonds is 1. The number of nitrogens with zero attached hydrogens (tertiary/aromatic N) is 1. The van der Waals surface area contributed by atoms with E-state index < -0.39 is 0 Å². The molecule has 1 N–H and O–H groups in total. The van der Waals surface area contributed by atoms with Gasteiger partial charge in [0.25, 0.3) is 0 Å². The quantitative estimate of drug-likeness (QED) is 0.773. The van der Waals surface area contributed by atoms with E-state index in [9.17, 15) is 4.79 Å². The van der Waals surface area contributed by atoms with Crippen molar-refractivity contribution in [2.75, 3.05) is 39.4 Å². The van der Waals surface area contributed by atoms with Crippen LogP contribution in [0.2, 0.25) is 0 Å². The van der Waals surface area contributed by atoms with Gasteiger partial charge in [0.05, 0.1) is 24.9 Å². The lowest BCUT2D eigenvalue weighted by Gasteiger charge is -2.42. The summed E-state index contributed by atoms with van der Waals surface area (Å²) in [6.45, 7) is 5.36. The third kappa shape index (κ3) is 2.46. The maximum absolute atomic E-state index is 11.7. The van der Waals surface area contributed by atoms with Crippen LogP contribution >= 0.6 is 0 Å². The largest absolute Gasteiger partial charge is 0.462 e. The number of carbonyl (C=O) groups is 1. The predicted molar refractivity (Wildman–Crippen MR) is 77.4 cm³/mol. The number of piperazine rings is 1. The fraction of sp³-hybridized carbons (Fsp3) is 0.562. The molecule has 0 aromatic heterocycles. The highest BCUT2D eigenvalue weighted by Gasteiger charge is 2.32. The fourth-order valence-corrected chi connectivity index (χ4v) is 3.45. The van der Waals surface area contributed by atoms with Gasteiger partial charge in [0, 0.05) is 38.6 Å². The van der Waals surface area contributed by atoms with E-state index >= 15 is 0 Å². The molecule has 2 unspecified atom stereocenters. The van der Waals surface area contributed by atoms with Crippen molar-refractivity contribution in [1.82, 2.24) is 10.2 Å². The monoisotopic (exact) mass is 288 g/mol. The van der Waals surface area contributed by atoms with Gasteiger partial charge in [-0.15, -0.1) is 0 Å². The second kappa shape index (κ2) is 5.40. The first-order chi connectivity index (χ1) is 10.3. The van der Waals surface area contributed by atoms with Crippen LogP contribution in [0.5, 0.6) is 0 Å². The van der Waals surface area contributed by atoms with Crippen LogP contribution in [0.1, 0.15) is 27.6 Å². The van der Waals surface area contributed by atoms with Gasteiger partial charge in [-0.1, -0.05) is 12.1 Å². The molecule has 3 aliphatic heterocycles. The molecule has 2 fully saturated rings. The number of hydrogen-bond acceptors (Lipinski definition) is 5. The van der Waals surface area contributed by atoms with Crippen molar-refractivity contribution in [3.8, 4) is 0 Å². The van der Waals surface area contributed by atoms with E-state index in [4.69, 9.17) is 9.47 Å². The Bertz CT molecular complexity index is 560. The first-order valence-electron chi connectivity index (χ1n) is 7.67. The van der Waals surface area contributed by atoms with E-state index in [-0.39, 0.29) is 12.1 Å². The summed E-state index contributed by atoms with van der Waals surface area (Å²) >= 11 is 0. The maximum Gasteiger partial charge on any atom is 0.338 e. The van der Waals surface area contributed by atoms with Crippen molar-refractivity contribution >= 4 is 5.97 Å². The predicted octanol–water partition coefficient (Wildman–Crippen LogP) is 0.745. The minimum atomic E-state index is -0.200. The third-order valence-electron chi connectivity index (χ3n) is 4.69. The number of nitrogens with one attached hydrogen (secondary N) is 1. The lowest BCUT2D eigenvalue weighted by molar-refractivity contribution is -0.0718. The number of ether oxygens (including phenoxy) is 2. The lowest BCUT2D eigenvalue weighted by Crippen LogP contribution is -2.57. The molecule has 0 spiro atoms. The average molecular weight is 288 g/mol. The lowest BCUT2D eigenvalue weighted by atomic mass is 9.96. The van der Waals surface area contributed by atoms with Gasteiger partial charge >= 0.3 is 5.97 Å². The molecule has 0 aliphatic carbocycles. The van der Waals surface area contributed by atoms with Gasteiger partial charge in [-0.25, -0.2) is 4.79 Å². The molecule has 2 saturated heterocycles. The van der Waals surface area contributed by atoms with Gasteiger partial charge in [0.2, 0.25) is 0 Å². The highest BCUT2D eigenvalue weighted by atomic mass is 16.5. The van der Waals surface area contributed by atoms with E-state index in [1.54, 1.807) is 0 Å². The van der Waals surface area contributed by atoms with Gasteiger partial charge in [0.1, 0.15) is 0 Å². The SMILES string of the molecule is O=C1OCCc2cc(C3CN4CCNCC4CO3)ccc21. The summed E-state index contributed by atoms with van der Waals surface area (Å²) in [5.41, 5.74) is 2.98. The van der Waals surface area contributed by atoms with Crippen LogP contribution in [0.3, 0.4) is 0 Å². The zero-order valence-electron chi connectivity index (χ0n) is 12.0. The highest BCUT2D eigenvalue weighted by Crippen LogP contribution is 2.28. The molecule has 0 saturated carbocycles. The number of hydrogen-bond donors (Lipinski definition) is 1. The molecule has 3 aliphatic rings. The van der Waals surface area contributed by atoms with Gasteiger partial charge in [-0.3, -0.25) is 4.90 Å². The summed E-state index contributed by atoms with van der Waals surface area (Å²) in [7, 11) is 0. The molecule has 0 radical (unpaired) electrons. The normalized spacial score (nSPS) is 29.4. The van der Waals surface area contributed by atoms with Crippen LogP contribution in [-0.2, 0) is 15.9 Å². The molecule has 1 aromatic carbocycles.